The van der Waals surface area contributed by atoms with Crippen LogP contribution in [0.1, 0.15) is 51.0 Å². The molecule has 2 aromatic heterocycles. The Morgan fingerprint density at radius 2 is 1.80 bits per heavy atom. The summed E-state index contributed by atoms with van der Waals surface area (Å²) in [5, 5.41) is 2.54. The summed E-state index contributed by atoms with van der Waals surface area (Å²) in [4.78, 5) is 16.1. The molecule has 8 nitrogen and oxygen atoms in total. The number of nitrogens with one attached hydrogen (secondary N) is 1. The van der Waals surface area contributed by atoms with Crippen LogP contribution in [0.25, 0.3) is 11.2 Å². The van der Waals surface area contributed by atoms with E-state index in [4.69, 9.17) is 16.3 Å². The van der Waals surface area contributed by atoms with Crippen LogP contribution >= 0.6 is 11.6 Å². The molecular weight excluding hydrogens is 402 g/mol. The number of ether oxygens (including phenoxy) is 1. The second-order valence-electron chi connectivity index (χ2n) is 8.89. The average molecular weight is 434 g/mol. The van der Waals surface area contributed by atoms with Gasteiger partial charge in [0, 0.05) is 32.2 Å². The van der Waals surface area contributed by atoms with E-state index in [1.807, 2.05) is 6.33 Å². The number of hydrogen-bond donors (Lipinski definition) is 1. The van der Waals surface area contributed by atoms with Crippen molar-refractivity contribution in [2.75, 3.05) is 51.4 Å². The Kier molecular flexibility index (Phi) is 6.36. The van der Waals surface area contributed by atoms with Gasteiger partial charge in [-0.05, 0) is 56.2 Å². The lowest BCUT2D eigenvalue weighted by Crippen LogP contribution is -2.40. The highest BCUT2D eigenvalue weighted by Crippen LogP contribution is 2.33. The number of anilines is 1. The van der Waals surface area contributed by atoms with Crippen molar-refractivity contribution in [3.63, 3.8) is 0 Å². The Labute approximate surface area is 182 Å². The van der Waals surface area contributed by atoms with Crippen molar-refractivity contribution in [2.45, 2.75) is 51.0 Å². The molecule has 5 rings (SSSR count). The summed E-state index contributed by atoms with van der Waals surface area (Å²) in [6.07, 6.45) is 10.5. The van der Waals surface area contributed by atoms with Gasteiger partial charge in [0.05, 0.1) is 19.5 Å². The Hall–Kier alpha value is -1.48. The van der Waals surface area contributed by atoms with Crippen LogP contribution in [0.3, 0.4) is 0 Å². The number of hydrazine groups is 1. The minimum atomic E-state index is 0.283. The first-order valence-corrected chi connectivity index (χ1v) is 11.9. The van der Waals surface area contributed by atoms with E-state index in [0.29, 0.717) is 6.04 Å². The Morgan fingerprint density at radius 1 is 1.03 bits per heavy atom. The zero-order chi connectivity index (χ0) is 20.3. The SMILES string of the molecule is Clc1nc(NN2CCC(CCN3CCOCC3)CC2)c2ncn(C3CCCC3)c2n1. The number of piperidine rings is 1. The Morgan fingerprint density at radius 3 is 2.57 bits per heavy atom. The first-order chi connectivity index (χ1) is 14.8. The quantitative estimate of drug-likeness (QED) is 0.700. The molecule has 3 aliphatic rings. The van der Waals surface area contributed by atoms with E-state index in [1.165, 1.54) is 51.5 Å². The standard InChI is InChI=1S/C21H32ClN7O/c22-21-24-19(18-20(25-21)29(15-23-18)17-3-1-2-4-17)26-28-9-6-16(7-10-28)5-8-27-11-13-30-14-12-27/h15-17H,1-14H2,(H,24,25,26). The molecule has 2 saturated heterocycles. The van der Waals surface area contributed by atoms with Gasteiger partial charge in [0.15, 0.2) is 17.0 Å². The van der Waals surface area contributed by atoms with Crippen molar-refractivity contribution in [3.05, 3.63) is 11.6 Å². The molecule has 1 saturated carbocycles. The maximum atomic E-state index is 6.28. The summed E-state index contributed by atoms with van der Waals surface area (Å²) >= 11 is 6.28. The predicted octanol–water partition coefficient (Wildman–Crippen LogP) is 3.36. The monoisotopic (exact) mass is 433 g/mol. The fraction of sp³-hybridized carbons (Fsp3) is 0.762. The summed E-state index contributed by atoms with van der Waals surface area (Å²) in [7, 11) is 0. The Balaban J connectivity index is 1.19. The zero-order valence-electron chi connectivity index (χ0n) is 17.6. The number of aromatic nitrogens is 4. The summed E-state index contributed by atoms with van der Waals surface area (Å²) in [5.41, 5.74) is 5.16. The first kappa shape index (κ1) is 20.4. The van der Waals surface area contributed by atoms with Gasteiger partial charge < -0.3 is 14.7 Å². The molecule has 0 atom stereocenters. The van der Waals surface area contributed by atoms with Crippen molar-refractivity contribution in [3.8, 4) is 0 Å². The van der Waals surface area contributed by atoms with Crippen LogP contribution in [0.2, 0.25) is 5.28 Å². The minimum absolute atomic E-state index is 0.283. The van der Waals surface area contributed by atoms with Gasteiger partial charge in [-0.2, -0.15) is 9.97 Å². The minimum Gasteiger partial charge on any atom is -0.379 e. The lowest BCUT2D eigenvalue weighted by atomic mass is 9.94. The number of rotatable bonds is 6. The van der Waals surface area contributed by atoms with E-state index >= 15 is 0 Å². The van der Waals surface area contributed by atoms with Gasteiger partial charge >= 0.3 is 0 Å². The van der Waals surface area contributed by atoms with Gasteiger partial charge in [-0.3, -0.25) is 4.90 Å². The molecule has 0 unspecified atom stereocenters. The normalized spacial score (nSPS) is 22.8. The number of fused-ring (bicyclic) bond motifs is 1. The number of hydrogen-bond acceptors (Lipinski definition) is 7. The van der Waals surface area contributed by atoms with Gasteiger partial charge in [0.25, 0.3) is 0 Å². The summed E-state index contributed by atoms with van der Waals surface area (Å²) in [6, 6.07) is 0.482. The number of morpholine rings is 1. The molecule has 0 radical (unpaired) electrons. The molecule has 0 amide bonds. The summed E-state index contributed by atoms with van der Waals surface area (Å²) in [5.74, 6) is 1.52. The third-order valence-corrected chi connectivity index (χ3v) is 7.12. The lowest BCUT2D eigenvalue weighted by Gasteiger charge is -2.34. The number of nitrogens with zero attached hydrogens (tertiary/aromatic N) is 6. The lowest BCUT2D eigenvalue weighted by molar-refractivity contribution is 0.0338. The molecule has 3 fully saturated rings. The molecular formula is C21H32ClN7O. The highest BCUT2D eigenvalue weighted by Gasteiger charge is 2.24. The second-order valence-corrected chi connectivity index (χ2v) is 9.23. The van der Waals surface area contributed by atoms with Crippen molar-refractivity contribution in [1.29, 1.82) is 0 Å². The summed E-state index contributed by atoms with van der Waals surface area (Å²) in [6.45, 7) is 7.16. The molecule has 0 bridgehead atoms. The average Bonchev–Trinajstić information content (AvgIpc) is 3.44. The third kappa shape index (κ3) is 4.56. The molecule has 0 spiro atoms. The van der Waals surface area contributed by atoms with Crippen molar-refractivity contribution in [2.24, 2.45) is 5.92 Å². The number of imidazole rings is 1. The fourth-order valence-corrected chi connectivity index (χ4v) is 5.26. The van der Waals surface area contributed by atoms with Gasteiger partial charge in [-0.1, -0.05) is 12.8 Å². The van der Waals surface area contributed by atoms with Crippen LogP contribution in [0, 0.1) is 5.92 Å². The van der Waals surface area contributed by atoms with E-state index < -0.39 is 0 Å². The molecule has 4 heterocycles. The molecule has 1 aliphatic carbocycles. The topological polar surface area (TPSA) is 71.3 Å². The molecule has 2 aromatic rings. The molecule has 1 N–H and O–H groups in total. The van der Waals surface area contributed by atoms with E-state index in [-0.39, 0.29) is 5.28 Å². The highest BCUT2D eigenvalue weighted by atomic mass is 35.5. The fourth-order valence-electron chi connectivity index (χ4n) is 5.09. The molecule has 9 heteroatoms. The smallest absolute Gasteiger partial charge is 0.226 e. The van der Waals surface area contributed by atoms with E-state index in [0.717, 1.165) is 62.3 Å². The van der Waals surface area contributed by atoms with Crippen molar-refractivity contribution in [1.82, 2.24) is 29.4 Å². The van der Waals surface area contributed by atoms with E-state index in [9.17, 15) is 0 Å². The summed E-state index contributed by atoms with van der Waals surface area (Å²) < 4.78 is 7.64. The van der Waals surface area contributed by atoms with Crippen molar-refractivity contribution < 1.29 is 4.74 Å². The molecule has 0 aromatic carbocycles. The van der Waals surface area contributed by atoms with Gasteiger partial charge in [0.2, 0.25) is 5.28 Å². The molecule has 30 heavy (non-hydrogen) atoms. The zero-order valence-corrected chi connectivity index (χ0v) is 18.4. The van der Waals surface area contributed by atoms with E-state index in [2.05, 4.69) is 34.9 Å². The maximum absolute atomic E-state index is 6.28. The van der Waals surface area contributed by atoms with Crippen molar-refractivity contribution >= 4 is 28.6 Å². The van der Waals surface area contributed by atoms with Gasteiger partial charge in [-0.25, -0.2) is 9.99 Å². The second kappa shape index (κ2) is 9.34. The predicted molar refractivity (Wildman–Crippen MR) is 118 cm³/mol. The molecule has 2 aliphatic heterocycles. The number of halogens is 1. The van der Waals surface area contributed by atoms with Gasteiger partial charge in [-0.15, -0.1) is 0 Å². The first-order valence-electron chi connectivity index (χ1n) is 11.5. The maximum Gasteiger partial charge on any atom is 0.226 e. The molecule has 164 valence electrons. The van der Waals surface area contributed by atoms with Crippen LogP contribution in [-0.4, -0.2) is 75.4 Å². The van der Waals surface area contributed by atoms with Crippen LogP contribution in [0.4, 0.5) is 5.82 Å². The van der Waals surface area contributed by atoms with Crippen LogP contribution in [0.15, 0.2) is 6.33 Å². The van der Waals surface area contributed by atoms with E-state index in [1.54, 1.807) is 0 Å². The highest BCUT2D eigenvalue weighted by molar-refractivity contribution is 6.28. The van der Waals surface area contributed by atoms with Crippen LogP contribution in [0.5, 0.6) is 0 Å². The van der Waals surface area contributed by atoms with Crippen LogP contribution < -0.4 is 5.43 Å². The third-order valence-electron chi connectivity index (χ3n) is 6.95. The van der Waals surface area contributed by atoms with Crippen LogP contribution in [-0.2, 0) is 4.74 Å². The van der Waals surface area contributed by atoms with Gasteiger partial charge in [0.1, 0.15) is 0 Å². The Bertz CT molecular complexity index is 839. The largest absolute Gasteiger partial charge is 0.379 e.